The Bertz CT molecular complexity index is 902. The number of aromatic nitrogens is 1. The SMILES string of the molecule is CCOC(=O)c1sc(C(C)NC(=NCC(=O)N(C)C)NCCc2ccccc2)nc1C.I. The van der Waals surface area contributed by atoms with Crippen molar-refractivity contribution in [3.8, 4) is 0 Å². The van der Waals surface area contributed by atoms with Gasteiger partial charge in [0.2, 0.25) is 5.91 Å². The molecule has 32 heavy (non-hydrogen) atoms. The van der Waals surface area contributed by atoms with Gasteiger partial charge < -0.3 is 20.3 Å². The maximum Gasteiger partial charge on any atom is 0.350 e. The third-order valence-electron chi connectivity index (χ3n) is 4.42. The maximum atomic E-state index is 12.1. The van der Waals surface area contributed by atoms with Crippen LogP contribution >= 0.6 is 35.3 Å². The lowest BCUT2D eigenvalue weighted by Crippen LogP contribution is -2.40. The highest BCUT2D eigenvalue weighted by atomic mass is 127. The number of likely N-dealkylation sites (N-methyl/N-ethyl adjacent to an activating group) is 1. The van der Waals surface area contributed by atoms with Crippen molar-refractivity contribution < 1.29 is 14.3 Å². The molecular formula is C22H32IN5O3S. The Morgan fingerprint density at radius 3 is 2.56 bits per heavy atom. The summed E-state index contributed by atoms with van der Waals surface area (Å²) in [6.45, 7) is 6.52. The van der Waals surface area contributed by atoms with E-state index in [1.54, 1.807) is 27.9 Å². The molecule has 0 bridgehead atoms. The molecule has 1 atom stereocenters. The van der Waals surface area contributed by atoms with E-state index in [0.29, 0.717) is 29.7 Å². The van der Waals surface area contributed by atoms with Gasteiger partial charge in [-0.1, -0.05) is 30.3 Å². The van der Waals surface area contributed by atoms with Crippen LogP contribution in [-0.2, 0) is 16.0 Å². The van der Waals surface area contributed by atoms with Gasteiger partial charge >= 0.3 is 5.97 Å². The molecule has 0 saturated heterocycles. The largest absolute Gasteiger partial charge is 0.462 e. The Labute approximate surface area is 210 Å². The number of aryl methyl sites for hydroxylation is 1. The number of guanidine groups is 1. The van der Waals surface area contributed by atoms with E-state index in [-0.39, 0.29) is 48.4 Å². The quantitative estimate of drug-likeness (QED) is 0.207. The molecule has 8 nitrogen and oxygen atoms in total. The summed E-state index contributed by atoms with van der Waals surface area (Å²) in [6.07, 6.45) is 0.820. The molecule has 0 aliphatic carbocycles. The first kappa shape index (κ1) is 27.8. The fourth-order valence-electron chi connectivity index (χ4n) is 2.67. The first-order chi connectivity index (χ1) is 14.8. The molecule has 0 fully saturated rings. The lowest BCUT2D eigenvalue weighted by Gasteiger charge is -2.17. The topological polar surface area (TPSA) is 95.9 Å². The van der Waals surface area contributed by atoms with Gasteiger partial charge in [-0.15, -0.1) is 35.3 Å². The molecule has 0 aliphatic heterocycles. The van der Waals surface area contributed by atoms with E-state index < -0.39 is 0 Å². The smallest absolute Gasteiger partial charge is 0.350 e. The van der Waals surface area contributed by atoms with Gasteiger partial charge in [0.05, 0.1) is 18.3 Å². The standard InChI is InChI=1S/C22H31N5O3S.HI/c1-6-30-21(29)19-15(2)25-20(31-19)16(3)26-22(24-14-18(28)27(4)5)23-13-12-17-10-8-7-9-11-17;/h7-11,16H,6,12-14H2,1-5H3,(H2,23,24,26);1H. The third kappa shape index (κ3) is 8.73. The average Bonchev–Trinajstić information content (AvgIpc) is 3.14. The zero-order valence-electron chi connectivity index (χ0n) is 19.2. The zero-order valence-corrected chi connectivity index (χ0v) is 22.3. The molecule has 0 aliphatic rings. The Hall–Kier alpha value is -2.21. The molecule has 1 aromatic carbocycles. The van der Waals surface area contributed by atoms with E-state index in [2.05, 4.69) is 32.7 Å². The minimum absolute atomic E-state index is 0. The minimum atomic E-state index is -0.359. The second-order valence-electron chi connectivity index (χ2n) is 7.17. The Balaban J connectivity index is 0.00000512. The molecule has 2 aromatic rings. The van der Waals surface area contributed by atoms with Crippen molar-refractivity contribution in [3.05, 3.63) is 51.5 Å². The number of amides is 1. The van der Waals surface area contributed by atoms with Crippen molar-refractivity contribution >= 4 is 53.1 Å². The summed E-state index contributed by atoms with van der Waals surface area (Å²) in [5.74, 6) is 0.0677. The zero-order chi connectivity index (χ0) is 22.8. The van der Waals surface area contributed by atoms with E-state index in [9.17, 15) is 9.59 Å². The molecule has 1 aromatic heterocycles. The summed E-state index contributed by atoms with van der Waals surface area (Å²) in [6, 6.07) is 9.93. The van der Waals surface area contributed by atoms with Gasteiger partial charge in [-0.2, -0.15) is 0 Å². The number of nitrogens with one attached hydrogen (secondary N) is 2. The summed E-state index contributed by atoms with van der Waals surface area (Å²) in [4.78, 5) is 35.0. The van der Waals surface area contributed by atoms with Crippen LogP contribution in [0, 0.1) is 6.92 Å². The van der Waals surface area contributed by atoms with E-state index in [4.69, 9.17) is 4.74 Å². The second kappa shape index (κ2) is 14.0. The lowest BCUT2D eigenvalue weighted by molar-refractivity contribution is -0.127. The molecule has 2 N–H and O–H groups in total. The van der Waals surface area contributed by atoms with E-state index in [1.165, 1.54) is 21.8 Å². The number of aliphatic imine (C=N–C) groups is 1. The molecule has 176 valence electrons. The predicted octanol–water partition coefficient (Wildman–Crippen LogP) is 3.17. The van der Waals surface area contributed by atoms with Crippen molar-refractivity contribution in [1.82, 2.24) is 20.5 Å². The summed E-state index contributed by atoms with van der Waals surface area (Å²) < 4.78 is 5.10. The van der Waals surface area contributed by atoms with Crippen LogP contribution < -0.4 is 10.6 Å². The van der Waals surface area contributed by atoms with Crippen molar-refractivity contribution in [1.29, 1.82) is 0 Å². The Kier molecular flexibility index (Phi) is 12.2. The van der Waals surface area contributed by atoms with E-state index in [0.717, 1.165) is 11.4 Å². The number of carbonyl (C=O) groups is 2. The van der Waals surface area contributed by atoms with E-state index >= 15 is 0 Å². The fourth-order valence-corrected chi connectivity index (χ4v) is 3.63. The molecule has 10 heteroatoms. The highest BCUT2D eigenvalue weighted by molar-refractivity contribution is 14.0. The van der Waals surface area contributed by atoms with Crippen LogP contribution in [0.3, 0.4) is 0 Å². The molecule has 0 saturated carbocycles. The van der Waals surface area contributed by atoms with Crippen LogP contribution in [0.1, 0.15) is 45.8 Å². The first-order valence-corrected chi connectivity index (χ1v) is 11.1. The molecule has 2 rings (SSSR count). The van der Waals surface area contributed by atoms with Crippen molar-refractivity contribution in [2.45, 2.75) is 33.2 Å². The summed E-state index contributed by atoms with van der Waals surface area (Å²) in [7, 11) is 3.40. The summed E-state index contributed by atoms with van der Waals surface area (Å²) in [5, 5.41) is 7.32. The molecule has 1 unspecified atom stereocenters. The molecule has 0 spiro atoms. The highest BCUT2D eigenvalue weighted by Crippen LogP contribution is 2.24. The minimum Gasteiger partial charge on any atom is -0.462 e. The summed E-state index contributed by atoms with van der Waals surface area (Å²) >= 11 is 1.30. The van der Waals surface area contributed by atoms with Gasteiger partial charge in [0.15, 0.2) is 5.96 Å². The second-order valence-corrected chi connectivity index (χ2v) is 8.20. The Morgan fingerprint density at radius 2 is 1.94 bits per heavy atom. The van der Waals surface area contributed by atoms with Crippen molar-refractivity contribution in [2.75, 3.05) is 33.8 Å². The fraction of sp³-hybridized carbons (Fsp3) is 0.455. The lowest BCUT2D eigenvalue weighted by atomic mass is 10.1. The van der Waals surface area contributed by atoms with Gasteiger partial charge in [0.25, 0.3) is 0 Å². The van der Waals surface area contributed by atoms with Crippen LogP contribution in [0.25, 0.3) is 0 Å². The predicted molar refractivity (Wildman–Crippen MR) is 139 cm³/mol. The van der Waals surface area contributed by atoms with Crippen molar-refractivity contribution in [3.63, 3.8) is 0 Å². The van der Waals surface area contributed by atoms with Gasteiger partial charge in [-0.05, 0) is 32.8 Å². The highest BCUT2D eigenvalue weighted by Gasteiger charge is 2.20. The van der Waals surface area contributed by atoms with E-state index in [1.807, 2.05) is 25.1 Å². The maximum absolute atomic E-state index is 12.1. The van der Waals surface area contributed by atoms with Crippen LogP contribution in [0.15, 0.2) is 35.3 Å². The number of rotatable bonds is 9. The number of nitrogens with zero attached hydrogens (tertiary/aromatic N) is 3. The van der Waals surface area contributed by atoms with Gasteiger partial charge in [0, 0.05) is 20.6 Å². The third-order valence-corrected chi connectivity index (χ3v) is 5.74. The number of carbonyl (C=O) groups excluding carboxylic acids is 2. The van der Waals surface area contributed by atoms with Crippen molar-refractivity contribution in [2.24, 2.45) is 4.99 Å². The number of hydrogen-bond donors (Lipinski definition) is 2. The molecule has 0 radical (unpaired) electrons. The number of halogens is 1. The number of benzene rings is 1. The molecular weight excluding hydrogens is 541 g/mol. The normalized spacial score (nSPS) is 11.8. The Morgan fingerprint density at radius 1 is 1.25 bits per heavy atom. The number of ether oxygens (including phenoxy) is 1. The number of hydrogen-bond acceptors (Lipinski definition) is 6. The first-order valence-electron chi connectivity index (χ1n) is 10.2. The number of esters is 1. The van der Waals surface area contributed by atoms with Gasteiger partial charge in [-0.25, -0.2) is 14.8 Å². The van der Waals surface area contributed by atoms with Crippen LogP contribution in [0.4, 0.5) is 0 Å². The average molecular weight is 574 g/mol. The van der Waals surface area contributed by atoms with Crippen LogP contribution in [0.5, 0.6) is 0 Å². The summed E-state index contributed by atoms with van der Waals surface area (Å²) in [5.41, 5.74) is 1.85. The number of thiazole rings is 1. The van der Waals surface area contributed by atoms with Gasteiger partial charge in [-0.3, -0.25) is 4.79 Å². The molecule has 1 heterocycles. The van der Waals surface area contributed by atoms with Gasteiger partial charge in [0.1, 0.15) is 16.4 Å². The van der Waals surface area contributed by atoms with Crippen LogP contribution in [0.2, 0.25) is 0 Å². The van der Waals surface area contributed by atoms with Crippen LogP contribution in [-0.4, -0.2) is 61.5 Å². The monoisotopic (exact) mass is 573 g/mol. The molecule has 1 amide bonds.